The molecule has 0 saturated carbocycles. The standard InChI is InChI=1S/C18H20NO4.Cs/c1-13-8-18(22-11-13)23-16-5-3-4-15(10-16)21-12-14-6-7-19(2)17(20)9-14;/h3-7,9-11,13,18H,8,12H2,1-2H3;/q-1;+1/t13-,18?;/m1./s1. The monoisotopic (exact) mass is 447 g/mol. The van der Waals surface area contributed by atoms with Gasteiger partial charge in [-0.05, 0) is 30.2 Å². The van der Waals surface area contributed by atoms with Crippen LogP contribution in [0.3, 0.4) is 0 Å². The summed E-state index contributed by atoms with van der Waals surface area (Å²) in [4.78, 5) is 11.6. The molecule has 1 aromatic carbocycles. The summed E-state index contributed by atoms with van der Waals surface area (Å²) in [6.07, 6.45) is 2.34. The zero-order valence-electron chi connectivity index (χ0n) is 14.3. The van der Waals surface area contributed by atoms with Gasteiger partial charge in [-0.15, -0.1) is 5.92 Å². The fraction of sp³-hybridized carbons (Fsp3) is 0.333. The van der Waals surface area contributed by atoms with Crippen LogP contribution in [0.5, 0.6) is 11.5 Å². The van der Waals surface area contributed by atoms with E-state index in [1.165, 1.54) is 4.57 Å². The first-order valence-corrected chi connectivity index (χ1v) is 7.64. The molecule has 122 valence electrons. The zero-order chi connectivity index (χ0) is 16.2. The van der Waals surface area contributed by atoms with Crippen LogP contribution in [-0.2, 0) is 18.4 Å². The summed E-state index contributed by atoms with van der Waals surface area (Å²) in [7, 11) is 1.72. The normalized spacial score (nSPS) is 19.6. The van der Waals surface area contributed by atoms with Gasteiger partial charge in [-0.25, -0.2) is 6.61 Å². The topological polar surface area (TPSA) is 49.7 Å². The van der Waals surface area contributed by atoms with Crippen LogP contribution in [0.25, 0.3) is 0 Å². The number of benzene rings is 1. The molecule has 5 nitrogen and oxygen atoms in total. The molecule has 0 radical (unpaired) electrons. The molecule has 1 fully saturated rings. The van der Waals surface area contributed by atoms with Crippen molar-refractivity contribution >= 4 is 0 Å². The Morgan fingerprint density at radius 1 is 1.29 bits per heavy atom. The number of pyridine rings is 1. The molecular weight excluding hydrogens is 427 g/mol. The molecule has 0 spiro atoms. The first-order chi connectivity index (χ1) is 11.1. The van der Waals surface area contributed by atoms with Crippen LogP contribution in [-0.4, -0.2) is 10.9 Å². The van der Waals surface area contributed by atoms with Gasteiger partial charge in [0, 0.05) is 25.4 Å². The van der Waals surface area contributed by atoms with Gasteiger partial charge in [0.1, 0.15) is 18.1 Å². The first-order valence-electron chi connectivity index (χ1n) is 7.64. The Labute approximate surface area is 200 Å². The number of aryl methyl sites for hydroxylation is 1. The van der Waals surface area contributed by atoms with Gasteiger partial charge >= 0.3 is 68.9 Å². The van der Waals surface area contributed by atoms with E-state index in [9.17, 15) is 4.79 Å². The second-order valence-corrected chi connectivity index (χ2v) is 5.78. The largest absolute Gasteiger partial charge is 1.00 e. The zero-order valence-corrected chi connectivity index (χ0v) is 20.5. The van der Waals surface area contributed by atoms with E-state index < -0.39 is 0 Å². The van der Waals surface area contributed by atoms with E-state index in [0.29, 0.717) is 24.0 Å². The number of aromatic nitrogens is 1. The Morgan fingerprint density at radius 2 is 2.08 bits per heavy atom. The van der Waals surface area contributed by atoms with Crippen LogP contribution in [0, 0.1) is 12.5 Å². The van der Waals surface area contributed by atoms with Crippen molar-refractivity contribution in [1.82, 2.24) is 4.57 Å². The van der Waals surface area contributed by atoms with E-state index in [1.807, 2.05) is 30.3 Å². The predicted octanol–water partition coefficient (Wildman–Crippen LogP) is -0.109. The van der Waals surface area contributed by atoms with Crippen molar-refractivity contribution in [3.63, 3.8) is 0 Å². The van der Waals surface area contributed by atoms with E-state index in [0.717, 1.165) is 12.0 Å². The van der Waals surface area contributed by atoms with Crippen LogP contribution in [0.2, 0.25) is 0 Å². The van der Waals surface area contributed by atoms with E-state index >= 15 is 0 Å². The summed E-state index contributed by atoms with van der Waals surface area (Å²) in [5.74, 6) is 1.80. The van der Waals surface area contributed by atoms with Crippen molar-refractivity contribution in [3.05, 3.63) is 65.1 Å². The first kappa shape index (κ1) is 20.1. The Balaban J connectivity index is 0.00000208. The van der Waals surface area contributed by atoms with Gasteiger partial charge in [-0.3, -0.25) is 4.79 Å². The molecule has 2 aromatic rings. The minimum Gasteiger partial charge on any atom is -0.520 e. The summed E-state index contributed by atoms with van der Waals surface area (Å²) >= 11 is 0. The SMILES string of the molecule is C[C@H]1[CH-]OC(Oc2cccc(OCc3ccn(C)c(=O)c3)c2)C1.[Cs+]. The second-order valence-electron chi connectivity index (χ2n) is 5.78. The Morgan fingerprint density at radius 3 is 2.79 bits per heavy atom. The van der Waals surface area contributed by atoms with Gasteiger partial charge in [0.05, 0.1) is 0 Å². The average Bonchev–Trinajstić information content (AvgIpc) is 2.94. The van der Waals surface area contributed by atoms with Crippen LogP contribution in [0.4, 0.5) is 0 Å². The van der Waals surface area contributed by atoms with Gasteiger partial charge in [0.15, 0.2) is 6.29 Å². The molecule has 0 N–H and O–H groups in total. The molecule has 2 atom stereocenters. The quantitative estimate of drug-likeness (QED) is 0.601. The Bertz CT molecular complexity index is 731. The molecule has 3 rings (SSSR count). The van der Waals surface area contributed by atoms with E-state index in [1.54, 1.807) is 25.9 Å². The third-order valence-corrected chi connectivity index (χ3v) is 3.67. The smallest absolute Gasteiger partial charge is 0.520 e. The Hall–Kier alpha value is -0.218. The van der Waals surface area contributed by atoms with Crippen molar-refractivity contribution in [2.75, 3.05) is 0 Å². The summed E-state index contributed by atoms with van der Waals surface area (Å²) in [6, 6.07) is 10.9. The van der Waals surface area contributed by atoms with Crippen LogP contribution in [0.1, 0.15) is 18.9 Å². The van der Waals surface area contributed by atoms with Crippen molar-refractivity contribution < 1.29 is 83.1 Å². The maximum Gasteiger partial charge on any atom is 1.00 e. The van der Waals surface area contributed by atoms with E-state index in [4.69, 9.17) is 14.2 Å². The van der Waals surface area contributed by atoms with E-state index in [2.05, 4.69) is 6.92 Å². The molecule has 1 aromatic heterocycles. The second kappa shape index (κ2) is 9.47. The van der Waals surface area contributed by atoms with Gasteiger partial charge in [0.25, 0.3) is 5.56 Å². The van der Waals surface area contributed by atoms with Crippen LogP contribution >= 0.6 is 0 Å². The van der Waals surface area contributed by atoms with Crippen molar-refractivity contribution in [2.45, 2.75) is 26.2 Å². The number of ether oxygens (including phenoxy) is 3. The fourth-order valence-electron chi connectivity index (χ4n) is 2.35. The van der Waals surface area contributed by atoms with Crippen molar-refractivity contribution in [2.24, 2.45) is 13.0 Å². The summed E-state index contributed by atoms with van der Waals surface area (Å²) < 4.78 is 18.5. The molecule has 6 heteroatoms. The van der Waals surface area contributed by atoms with Crippen LogP contribution < -0.4 is 83.9 Å². The number of hydrogen-bond acceptors (Lipinski definition) is 4. The Kier molecular flexibility index (Phi) is 7.93. The fourth-order valence-corrected chi connectivity index (χ4v) is 2.35. The third kappa shape index (κ3) is 5.66. The van der Waals surface area contributed by atoms with Gasteiger partial charge in [-0.2, -0.15) is 0 Å². The molecule has 0 amide bonds. The minimum atomic E-state index is -0.239. The van der Waals surface area contributed by atoms with Gasteiger partial charge in [0.2, 0.25) is 0 Å². The molecule has 1 aliphatic heterocycles. The molecule has 1 aliphatic rings. The molecule has 1 unspecified atom stereocenters. The van der Waals surface area contributed by atoms with Gasteiger partial charge < -0.3 is 18.8 Å². The van der Waals surface area contributed by atoms with Crippen molar-refractivity contribution in [3.8, 4) is 11.5 Å². The number of hydrogen-bond donors (Lipinski definition) is 0. The maximum absolute atomic E-state index is 11.6. The maximum atomic E-state index is 11.6. The van der Waals surface area contributed by atoms with Crippen LogP contribution in [0.15, 0.2) is 47.4 Å². The molecule has 24 heavy (non-hydrogen) atoms. The number of rotatable bonds is 5. The minimum absolute atomic E-state index is 0. The van der Waals surface area contributed by atoms with Crippen molar-refractivity contribution in [1.29, 1.82) is 0 Å². The van der Waals surface area contributed by atoms with Gasteiger partial charge in [-0.1, -0.05) is 13.0 Å². The summed E-state index contributed by atoms with van der Waals surface area (Å²) in [6.45, 7) is 4.23. The molecule has 2 heterocycles. The summed E-state index contributed by atoms with van der Waals surface area (Å²) in [5.41, 5.74) is 0.786. The molecule has 0 bridgehead atoms. The molecular formula is C18H20CsNO4. The molecule has 1 saturated heterocycles. The molecule has 0 aliphatic carbocycles. The predicted molar refractivity (Wildman–Crippen MR) is 86.0 cm³/mol. The number of nitrogens with zero attached hydrogens (tertiary/aromatic N) is 1. The average molecular weight is 447 g/mol. The van der Waals surface area contributed by atoms with E-state index in [-0.39, 0.29) is 80.7 Å². The summed E-state index contributed by atoms with van der Waals surface area (Å²) in [5, 5.41) is 0. The third-order valence-electron chi connectivity index (χ3n) is 3.67.